The fraction of sp³-hybridized carbons (Fsp3) is 0.632. The van der Waals surface area contributed by atoms with Gasteiger partial charge in [-0.2, -0.15) is 11.3 Å². The van der Waals surface area contributed by atoms with Crippen molar-refractivity contribution in [1.82, 2.24) is 10.6 Å². The van der Waals surface area contributed by atoms with Crippen molar-refractivity contribution in [2.45, 2.75) is 63.8 Å². The van der Waals surface area contributed by atoms with Gasteiger partial charge >= 0.3 is 5.97 Å². The number of carboxylic acid groups (broad SMARTS) is 1. The van der Waals surface area contributed by atoms with Crippen LogP contribution < -0.4 is 10.6 Å². The van der Waals surface area contributed by atoms with Crippen LogP contribution in [-0.2, 0) is 9.59 Å². The molecule has 1 aliphatic carbocycles. The van der Waals surface area contributed by atoms with Crippen molar-refractivity contribution >= 4 is 29.1 Å². The van der Waals surface area contributed by atoms with E-state index in [1.807, 2.05) is 5.38 Å². The van der Waals surface area contributed by atoms with Gasteiger partial charge in [-0.1, -0.05) is 32.1 Å². The van der Waals surface area contributed by atoms with Crippen LogP contribution >= 0.6 is 11.3 Å². The standard InChI is InChI=1S/C19H28N2O4S/c22-17(8-10-20-19(25)15-9-11-26-13-15)21-16(6-7-18(23)24)12-14-4-2-1-3-5-14/h9,11,13-14,16H,1-8,10,12H2,(H,20,25)(H,21,22)(H,23,24). The van der Waals surface area contributed by atoms with Crippen molar-refractivity contribution in [3.05, 3.63) is 22.4 Å². The maximum atomic E-state index is 12.2. The second-order valence-corrected chi connectivity index (χ2v) is 7.73. The molecule has 1 aromatic heterocycles. The molecule has 144 valence electrons. The van der Waals surface area contributed by atoms with Gasteiger partial charge in [-0.25, -0.2) is 0 Å². The Labute approximate surface area is 158 Å². The van der Waals surface area contributed by atoms with Crippen molar-refractivity contribution in [1.29, 1.82) is 0 Å². The van der Waals surface area contributed by atoms with Gasteiger partial charge in [0.25, 0.3) is 5.91 Å². The number of amides is 2. The molecule has 3 N–H and O–H groups in total. The smallest absolute Gasteiger partial charge is 0.303 e. The summed E-state index contributed by atoms with van der Waals surface area (Å²) in [6, 6.07) is 1.64. The molecule has 6 nitrogen and oxygen atoms in total. The highest BCUT2D eigenvalue weighted by atomic mass is 32.1. The van der Waals surface area contributed by atoms with Crippen molar-refractivity contribution in [2.24, 2.45) is 5.92 Å². The first-order chi connectivity index (χ1) is 12.5. The summed E-state index contributed by atoms with van der Waals surface area (Å²) < 4.78 is 0. The van der Waals surface area contributed by atoms with Crippen LogP contribution in [0, 0.1) is 5.92 Å². The van der Waals surface area contributed by atoms with Crippen molar-refractivity contribution < 1.29 is 19.5 Å². The summed E-state index contributed by atoms with van der Waals surface area (Å²) in [5.41, 5.74) is 0.604. The second-order valence-electron chi connectivity index (χ2n) is 6.95. The molecule has 0 spiro atoms. The van der Waals surface area contributed by atoms with Crippen LogP contribution in [0.1, 0.15) is 68.1 Å². The van der Waals surface area contributed by atoms with E-state index in [-0.39, 0.29) is 37.2 Å². The number of carboxylic acids is 1. The summed E-state index contributed by atoms with van der Waals surface area (Å²) in [7, 11) is 0. The topological polar surface area (TPSA) is 95.5 Å². The number of nitrogens with one attached hydrogen (secondary N) is 2. The summed E-state index contributed by atoms with van der Waals surface area (Å²) in [4.78, 5) is 34.9. The van der Waals surface area contributed by atoms with E-state index in [0.29, 0.717) is 17.9 Å². The van der Waals surface area contributed by atoms with E-state index in [4.69, 9.17) is 5.11 Å². The first kappa shape index (κ1) is 20.4. The minimum Gasteiger partial charge on any atom is -0.481 e. The van der Waals surface area contributed by atoms with Crippen molar-refractivity contribution in [3.8, 4) is 0 Å². The molecule has 1 fully saturated rings. The SMILES string of the molecule is O=C(O)CCC(CC1CCCCC1)NC(=O)CCNC(=O)c1ccsc1. The summed E-state index contributed by atoms with van der Waals surface area (Å²) in [5.74, 6) is -0.581. The lowest BCUT2D eigenvalue weighted by atomic mass is 9.84. The van der Waals surface area contributed by atoms with Crippen molar-refractivity contribution in [2.75, 3.05) is 6.54 Å². The molecule has 1 atom stereocenters. The lowest BCUT2D eigenvalue weighted by Crippen LogP contribution is -2.38. The Morgan fingerprint density at radius 1 is 1.19 bits per heavy atom. The quantitative estimate of drug-likeness (QED) is 0.581. The third-order valence-electron chi connectivity index (χ3n) is 4.84. The molecule has 1 aliphatic rings. The third-order valence-corrected chi connectivity index (χ3v) is 5.52. The predicted octanol–water partition coefficient (Wildman–Crippen LogP) is 3.19. The monoisotopic (exact) mass is 380 g/mol. The lowest BCUT2D eigenvalue weighted by molar-refractivity contribution is -0.137. The van der Waals surface area contributed by atoms with Gasteiger partial charge in [0.15, 0.2) is 0 Å². The van der Waals surface area contributed by atoms with Gasteiger partial charge in [0.05, 0.1) is 0 Å². The Balaban J connectivity index is 1.74. The zero-order valence-electron chi connectivity index (χ0n) is 15.0. The number of hydrogen-bond acceptors (Lipinski definition) is 4. The van der Waals surface area contributed by atoms with Crippen LogP contribution in [-0.4, -0.2) is 35.5 Å². The van der Waals surface area contributed by atoms with E-state index < -0.39 is 5.97 Å². The van der Waals surface area contributed by atoms with Gasteiger partial charge in [0.1, 0.15) is 0 Å². The van der Waals surface area contributed by atoms with Crippen LogP contribution in [0.15, 0.2) is 16.8 Å². The number of hydrogen-bond donors (Lipinski definition) is 3. The van der Waals surface area contributed by atoms with Gasteiger partial charge < -0.3 is 15.7 Å². The molecular formula is C19H28N2O4S. The number of carbonyl (C=O) groups is 3. The molecule has 7 heteroatoms. The molecule has 1 saturated carbocycles. The van der Waals surface area contributed by atoms with E-state index in [2.05, 4.69) is 10.6 Å². The summed E-state index contributed by atoms with van der Waals surface area (Å²) >= 11 is 1.45. The molecular weight excluding hydrogens is 352 g/mol. The van der Waals surface area contributed by atoms with Gasteiger partial charge in [-0.3, -0.25) is 14.4 Å². The molecule has 2 rings (SSSR count). The molecule has 0 aliphatic heterocycles. The normalized spacial score (nSPS) is 16.0. The highest BCUT2D eigenvalue weighted by molar-refractivity contribution is 7.08. The zero-order valence-corrected chi connectivity index (χ0v) is 15.9. The Hall–Kier alpha value is -1.89. The summed E-state index contributed by atoms with van der Waals surface area (Å²) in [6.07, 6.45) is 7.60. The molecule has 1 heterocycles. The maximum absolute atomic E-state index is 12.2. The van der Waals surface area contributed by atoms with Gasteiger partial charge in [-0.05, 0) is 30.2 Å². The van der Waals surface area contributed by atoms with Crippen LogP contribution in [0.2, 0.25) is 0 Å². The molecule has 0 bridgehead atoms. The molecule has 1 unspecified atom stereocenters. The van der Waals surface area contributed by atoms with E-state index in [1.165, 1.54) is 30.6 Å². The fourth-order valence-electron chi connectivity index (χ4n) is 3.46. The zero-order chi connectivity index (χ0) is 18.8. The van der Waals surface area contributed by atoms with Crippen molar-refractivity contribution in [3.63, 3.8) is 0 Å². The Morgan fingerprint density at radius 2 is 1.96 bits per heavy atom. The lowest BCUT2D eigenvalue weighted by Gasteiger charge is -2.27. The van der Waals surface area contributed by atoms with E-state index >= 15 is 0 Å². The van der Waals surface area contributed by atoms with Crippen LogP contribution in [0.4, 0.5) is 0 Å². The average molecular weight is 381 g/mol. The minimum absolute atomic E-state index is 0.0621. The molecule has 26 heavy (non-hydrogen) atoms. The highest BCUT2D eigenvalue weighted by Gasteiger charge is 2.21. The van der Waals surface area contributed by atoms with E-state index in [0.717, 1.165) is 19.3 Å². The largest absolute Gasteiger partial charge is 0.481 e. The molecule has 0 saturated heterocycles. The average Bonchev–Trinajstić information content (AvgIpc) is 3.15. The molecule has 0 radical (unpaired) electrons. The summed E-state index contributed by atoms with van der Waals surface area (Å²) in [6.45, 7) is 0.273. The number of rotatable bonds is 10. The van der Waals surface area contributed by atoms with E-state index in [1.54, 1.807) is 11.4 Å². The summed E-state index contributed by atoms with van der Waals surface area (Å²) in [5, 5.41) is 18.2. The highest BCUT2D eigenvalue weighted by Crippen LogP contribution is 2.28. The molecule has 0 aromatic carbocycles. The van der Waals surface area contributed by atoms with E-state index in [9.17, 15) is 14.4 Å². The predicted molar refractivity (Wildman–Crippen MR) is 101 cm³/mol. The Bertz CT molecular complexity index is 582. The Kier molecular flexibility index (Phi) is 8.61. The maximum Gasteiger partial charge on any atom is 0.303 e. The third kappa shape index (κ3) is 7.56. The van der Waals surface area contributed by atoms with Crippen LogP contribution in [0.3, 0.4) is 0 Å². The Morgan fingerprint density at radius 3 is 2.62 bits per heavy atom. The van der Waals surface area contributed by atoms with Crippen LogP contribution in [0.5, 0.6) is 0 Å². The molecule has 2 amide bonds. The number of carbonyl (C=O) groups excluding carboxylic acids is 2. The first-order valence-electron chi connectivity index (χ1n) is 9.36. The molecule has 1 aromatic rings. The number of thiophene rings is 1. The van der Waals surface area contributed by atoms with Gasteiger partial charge in [0.2, 0.25) is 5.91 Å². The van der Waals surface area contributed by atoms with Gasteiger partial charge in [-0.15, -0.1) is 0 Å². The fourth-order valence-corrected chi connectivity index (χ4v) is 4.09. The van der Waals surface area contributed by atoms with Gasteiger partial charge in [0, 0.05) is 36.4 Å². The minimum atomic E-state index is -0.837. The second kappa shape index (κ2) is 11.0. The van der Waals surface area contributed by atoms with Crippen LogP contribution in [0.25, 0.3) is 0 Å². The number of aliphatic carboxylic acids is 1. The first-order valence-corrected chi connectivity index (χ1v) is 10.3.